The molecule has 1 atom stereocenters. The van der Waals surface area contributed by atoms with Crippen LogP contribution in [0, 0.1) is 26.7 Å². The number of hydrogen-bond donors (Lipinski definition) is 0. The molecule has 0 amide bonds. The van der Waals surface area contributed by atoms with Crippen molar-refractivity contribution in [2.45, 2.75) is 78.7 Å². The maximum absolute atomic E-state index is 12.8. The topological polar surface area (TPSA) is 153 Å². The Labute approximate surface area is 342 Å². The second-order valence-electron chi connectivity index (χ2n) is 14.9. The Hall–Kier alpha value is -6.89. The van der Waals surface area contributed by atoms with Crippen LogP contribution in [0.4, 0.5) is 4.79 Å². The molecule has 3 aromatic heterocycles. The summed E-state index contributed by atoms with van der Waals surface area (Å²) in [7, 11) is 0. The van der Waals surface area contributed by atoms with Crippen molar-refractivity contribution in [2.75, 3.05) is 0 Å². The number of nitrogens with zero attached hydrogens (tertiary/aromatic N) is 9. The Morgan fingerprint density at radius 2 is 1.08 bits per heavy atom. The van der Waals surface area contributed by atoms with E-state index in [2.05, 4.69) is 30.9 Å². The minimum Gasteiger partial charge on any atom is -0.443 e. The lowest BCUT2D eigenvalue weighted by Gasteiger charge is -2.19. The quantitative estimate of drug-likeness (QED) is 0.159. The molecule has 3 heterocycles. The molecular weight excluding hydrogens is 743 g/mol. The zero-order valence-electron chi connectivity index (χ0n) is 33.7. The molecule has 1 aliphatic carbocycles. The zero-order chi connectivity index (χ0) is 41.3. The van der Waals surface area contributed by atoms with Crippen LogP contribution in [0.1, 0.15) is 88.8 Å². The minimum absolute atomic E-state index is 0.0324. The van der Waals surface area contributed by atoms with Crippen molar-refractivity contribution >= 4 is 51.0 Å². The van der Waals surface area contributed by atoms with E-state index in [0.29, 0.717) is 11.0 Å². The summed E-state index contributed by atoms with van der Waals surface area (Å²) in [6.45, 7) is 8.21. The molecule has 1 unspecified atom stereocenters. The van der Waals surface area contributed by atoms with E-state index in [1.54, 1.807) is 0 Å². The molecule has 1 fully saturated rings. The molecule has 0 bridgehead atoms. The molecule has 0 aliphatic heterocycles. The summed E-state index contributed by atoms with van der Waals surface area (Å²) in [6, 6.07) is 36.6. The molecule has 300 valence electrons. The summed E-state index contributed by atoms with van der Waals surface area (Å²) in [5.74, 6) is 0.0125. The lowest BCUT2D eigenvalue weighted by molar-refractivity contribution is 0.0787. The number of carbonyl (C=O) groups is 3. The Kier molecular flexibility index (Phi) is 12.7. The number of aryl methyl sites for hydroxylation is 3. The van der Waals surface area contributed by atoms with Crippen molar-refractivity contribution in [3.63, 3.8) is 0 Å². The molecule has 1 saturated carbocycles. The predicted molar refractivity (Wildman–Crippen MR) is 226 cm³/mol. The van der Waals surface area contributed by atoms with Gasteiger partial charge in [0.1, 0.15) is 28.7 Å². The third-order valence-corrected chi connectivity index (χ3v) is 10.5. The number of hydrogen-bond acceptors (Lipinski definition) is 10. The fourth-order valence-corrected chi connectivity index (χ4v) is 7.25. The van der Waals surface area contributed by atoms with Gasteiger partial charge in [0.25, 0.3) is 11.8 Å². The molecule has 1 aliphatic rings. The number of rotatable bonds is 6. The number of aromatic nitrogens is 9. The fraction of sp³-hybridized carbons (Fsp3) is 0.283. The summed E-state index contributed by atoms with van der Waals surface area (Å²) >= 11 is 0. The van der Waals surface area contributed by atoms with Gasteiger partial charge >= 0.3 is 6.09 Å². The Morgan fingerprint density at radius 3 is 1.63 bits per heavy atom. The van der Waals surface area contributed by atoms with Gasteiger partial charge in [0, 0.05) is 5.92 Å². The minimum atomic E-state index is -0.528. The smallest absolute Gasteiger partial charge is 0.437 e. The number of benzene rings is 5. The molecule has 5 aromatic carbocycles. The molecular formula is C46H47N9O4. The van der Waals surface area contributed by atoms with Crippen LogP contribution in [0.15, 0.2) is 115 Å². The van der Waals surface area contributed by atoms with E-state index in [0.717, 1.165) is 82.0 Å². The summed E-state index contributed by atoms with van der Waals surface area (Å²) in [5, 5.41) is 24.1. The average Bonchev–Trinajstić information content (AvgIpc) is 4.01. The van der Waals surface area contributed by atoms with Crippen molar-refractivity contribution in [1.82, 2.24) is 45.0 Å². The Balaban J connectivity index is 0.000000135. The number of carbonyl (C=O) groups excluding carboxylic acids is 3. The summed E-state index contributed by atoms with van der Waals surface area (Å²) < 4.78 is 9.33. The van der Waals surface area contributed by atoms with Crippen LogP contribution in [-0.4, -0.2) is 62.9 Å². The summed E-state index contributed by atoms with van der Waals surface area (Å²) in [6.07, 6.45) is 5.75. The maximum Gasteiger partial charge on any atom is 0.437 e. The van der Waals surface area contributed by atoms with Gasteiger partial charge in [0.05, 0.1) is 17.0 Å². The average molecular weight is 790 g/mol. The van der Waals surface area contributed by atoms with E-state index in [1.165, 1.54) is 20.5 Å². The van der Waals surface area contributed by atoms with Crippen LogP contribution in [0.2, 0.25) is 0 Å². The van der Waals surface area contributed by atoms with Crippen molar-refractivity contribution in [2.24, 2.45) is 5.92 Å². The van der Waals surface area contributed by atoms with Gasteiger partial charge in [0.2, 0.25) is 0 Å². The molecule has 0 saturated heterocycles. The van der Waals surface area contributed by atoms with E-state index in [1.807, 2.05) is 143 Å². The van der Waals surface area contributed by atoms with Gasteiger partial charge in [-0.15, -0.1) is 20.0 Å². The van der Waals surface area contributed by atoms with Gasteiger partial charge in [-0.1, -0.05) is 121 Å². The van der Waals surface area contributed by atoms with Crippen LogP contribution in [0.3, 0.4) is 0 Å². The predicted octanol–water partition coefficient (Wildman–Crippen LogP) is 9.46. The van der Waals surface area contributed by atoms with Crippen LogP contribution in [0.5, 0.6) is 0 Å². The fourth-order valence-electron chi connectivity index (χ4n) is 7.25. The lowest BCUT2D eigenvalue weighted by atomic mass is 9.89. The van der Waals surface area contributed by atoms with Crippen molar-refractivity contribution in [1.29, 1.82) is 0 Å². The van der Waals surface area contributed by atoms with E-state index < -0.39 is 6.09 Å². The van der Waals surface area contributed by atoms with Gasteiger partial charge in [0.15, 0.2) is 0 Å². The van der Waals surface area contributed by atoms with Gasteiger partial charge in [-0.2, -0.15) is 9.36 Å². The normalized spacial score (nSPS) is 13.3. The van der Waals surface area contributed by atoms with E-state index in [9.17, 15) is 14.4 Å². The monoisotopic (exact) mass is 789 g/mol. The van der Waals surface area contributed by atoms with Crippen LogP contribution < -0.4 is 0 Å². The third-order valence-electron chi connectivity index (χ3n) is 10.5. The molecule has 13 nitrogen and oxygen atoms in total. The summed E-state index contributed by atoms with van der Waals surface area (Å²) in [4.78, 5) is 37.2. The first-order chi connectivity index (χ1) is 28.7. The van der Waals surface area contributed by atoms with Crippen molar-refractivity contribution in [3.05, 3.63) is 143 Å². The number of ether oxygens (including phenoxy) is 1. The second-order valence-corrected chi connectivity index (χ2v) is 14.9. The van der Waals surface area contributed by atoms with Crippen molar-refractivity contribution in [3.8, 4) is 0 Å². The largest absolute Gasteiger partial charge is 0.443 e. The molecule has 0 N–H and O–H groups in total. The molecule has 0 spiro atoms. The van der Waals surface area contributed by atoms with Gasteiger partial charge in [-0.05, 0) is 104 Å². The van der Waals surface area contributed by atoms with Crippen LogP contribution in [-0.2, 0) is 11.3 Å². The standard InChI is InChI=1S/C17H17N3O.C15H13N3O2.C14H17N3O/c1-3-14(13-7-5-4-6-8-13)17(21)20-16-10-9-12(2)11-15(16)18-19-20;1-11-7-8-14-13(9-11)16-17-18(14)15(19)20-10-12-5-3-2-4-6-12;1-10-7-8-13-12(9-10)15-16-17(13)14(18)11-5-3-2-4-6-11/h4-11,14H,3H2,1-2H3;2-9H,10H2,1H3;7-9,11H,2-6H2,1H3. The Morgan fingerprint density at radius 1 is 0.610 bits per heavy atom. The molecule has 13 heteroatoms. The first-order valence-electron chi connectivity index (χ1n) is 20.0. The molecule has 8 aromatic rings. The van der Waals surface area contributed by atoms with Crippen molar-refractivity contribution < 1.29 is 19.1 Å². The molecule has 59 heavy (non-hydrogen) atoms. The highest BCUT2D eigenvalue weighted by Crippen LogP contribution is 2.27. The van der Waals surface area contributed by atoms with Gasteiger partial charge in [-0.3, -0.25) is 9.59 Å². The first-order valence-corrected chi connectivity index (χ1v) is 20.0. The highest BCUT2D eigenvalue weighted by atomic mass is 16.6. The second kappa shape index (κ2) is 18.6. The first kappa shape index (κ1) is 40.3. The van der Waals surface area contributed by atoms with Gasteiger partial charge < -0.3 is 4.74 Å². The van der Waals surface area contributed by atoms with Crippen LogP contribution >= 0.6 is 0 Å². The van der Waals surface area contributed by atoms with Crippen LogP contribution in [0.25, 0.3) is 33.1 Å². The van der Waals surface area contributed by atoms with Gasteiger partial charge in [-0.25, -0.2) is 4.79 Å². The molecule has 9 rings (SSSR count). The zero-order valence-corrected chi connectivity index (χ0v) is 33.7. The lowest BCUT2D eigenvalue weighted by Crippen LogP contribution is -2.24. The summed E-state index contributed by atoms with van der Waals surface area (Å²) in [5.41, 5.74) is 9.75. The molecule has 0 radical (unpaired) electrons. The maximum atomic E-state index is 12.8. The van der Waals surface area contributed by atoms with E-state index in [-0.39, 0.29) is 30.3 Å². The van der Waals surface area contributed by atoms with E-state index in [4.69, 9.17) is 4.74 Å². The third kappa shape index (κ3) is 9.47. The highest BCUT2D eigenvalue weighted by Gasteiger charge is 2.25. The Bertz CT molecular complexity index is 2700. The SMILES string of the molecule is CCC(C(=O)n1nnc2cc(C)ccc21)c1ccccc1.Cc1ccc2c(c1)nnn2C(=O)C1CCCCC1.Cc1ccc2c(c1)nnn2C(=O)OCc1ccccc1. The highest BCUT2D eigenvalue weighted by molar-refractivity contribution is 5.93. The van der Waals surface area contributed by atoms with E-state index >= 15 is 0 Å². The number of fused-ring (bicyclic) bond motifs is 3.